The fourth-order valence-corrected chi connectivity index (χ4v) is 2.28. The van der Waals surface area contributed by atoms with Crippen molar-refractivity contribution in [1.82, 2.24) is 14.9 Å². The number of ether oxygens (including phenoxy) is 1. The molecular weight excluding hydrogens is 294 g/mol. The highest BCUT2D eigenvalue weighted by Crippen LogP contribution is 2.17. The van der Waals surface area contributed by atoms with E-state index in [0.29, 0.717) is 12.5 Å². The van der Waals surface area contributed by atoms with Crippen LogP contribution in [0.3, 0.4) is 0 Å². The Balaban J connectivity index is 1.85. The first kappa shape index (κ1) is 17.4. The number of nitrogens with one attached hydrogen (secondary N) is 1. The maximum Gasteiger partial charge on any atom is 0.242 e. The van der Waals surface area contributed by atoms with Crippen molar-refractivity contribution >= 4 is 16.9 Å². The van der Waals surface area contributed by atoms with E-state index in [4.69, 9.17) is 4.74 Å². The Kier molecular flexibility index (Phi) is 6.12. The van der Waals surface area contributed by atoms with Gasteiger partial charge in [0.25, 0.3) is 0 Å². The lowest BCUT2D eigenvalue weighted by Crippen LogP contribution is -2.38. The number of aromatic nitrogens is 2. The smallest absolute Gasteiger partial charge is 0.242 e. The van der Waals surface area contributed by atoms with Crippen LogP contribution in [-0.2, 0) is 9.53 Å². The standard InChI is InChI=1S/C17H25N3O3/c1-12(2)9-23-10-14(21)8-18-17(22)13(3)20-11-19-15-6-4-5-7-16(15)20/h4-7,11-14,21H,8-10H2,1-3H3,(H,18,22). The molecule has 0 saturated carbocycles. The SMILES string of the molecule is CC(C)COCC(O)CNC(=O)C(C)n1cnc2ccccc21. The van der Waals surface area contributed by atoms with Gasteiger partial charge in [-0.05, 0) is 25.0 Å². The molecular formula is C17H25N3O3. The summed E-state index contributed by atoms with van der Waals surface area (Å²) in [6, 6.07) is 7.28. The third kappa shape index (κ3) is 4.77. The molecule has 0 saturated heterocycles. The molecule has 1 aromatic carbocycles. The molecule has 2 rings (SSSR count). The number of carbonyl (C=O) groups is 1. The zero-order valence-electron chi connectivity index (χ0n) is 13.9. The Labute approximate surface area is 136 Å². The van der Waals surface area contributed by atoms with Gasteiger partial charge in [-0.1, -0.05) is 26.0 Å². The molecule has 0 aliphatic heterocycles. The van der Waals surface area contributed by atoms with Gasteiger partial charge in [0.15, 0.2) is 0 Å². The summed E-state index contributed by atoms with van der Waals surface area (Å²) in [5.74, 6) is 0.266. The second-order valence-corrected chi connectivity index (χ2v) is 6.15. The van der Waals surface area contributed by atoms with E-state index in [0.717, 1.165) is 11.0 Å². The number of hydrogen-bond acceptors (Lipinski definition) is 4. The summed E-state index contributed by atoms with van der Waals surface area (Å²) in [5, 5.41) is 12.6. The summed E-state index contributed by atoms with van der Waals surface area (Å²) >= 11 is 0. The first-order valence-corrected chi connectivity index (χ1v) is 7.94. The van der Waals surface area contributed by atoms with Crippen molar-refractivity contribution < 1.29 is 14.6 Å². The Morgan fingerprint density at radius 3 is 2.78 bits per heavy atom. The molecule has 1 amide bonds. The van der Waals surface area contributed by atoms with Crippen molar-refractivity contribution in [3.63, 3.8) is 0 Å². The number of imidazole rings is 1. The van der Waals surface area contributed by atoms with Gasteiger partial charge < -0.3 is 19.7 Å². The Morgan fingerprint density at radius 1 is 1.30 bits per heavy atom. The fraction of sp³-hybridized carbons (Fsp3) is 0.529. The molecule has 23 heavy (non-hydrogen) atoms. The van der Waals surface area contributed by atoms with Crippen LogP contribution in [0.1, 0.15) is 26.8 Å². The van der Waals surface area contributed by atoms with E-state index in [2.05, 4.69) is 10.3 Å². The van der Waals surface area contributed by atoms with Crippen molar-refractivity contribution in [2.24, 2.45) is 5.92 Å². The van der Waals surface area contributed by atoms with E-state index >= 15 is 0 Å². The number of aliphatic hydroxyl groups excluding tert-OH is 1. The Bertz CT molecular complexity index is 639. The van der Waals surface area contributed by atoms with Crippen LogP contribution in [0.5, 0.6) is 0 Å². The van der Waals surface area contributed by atoms with Crippen molar-refractivity contribution in [3.8, 4) is 0 Å². The van der Waals surface area contributed by atoms with E-state index in [-0.39, 0.29) is 19.1 Å². The van der Waals surface area contributed by atoms with Gasteiger partial charge in [-0.2, -0.15) is 0 Å². The molecule has 0 bridgehead atoms. The predicted molar refractivity (Wildman–Crippen MR) is 89.1 cm³/mol. The number of rotatable bonds is 8. The quantitative estimate of drug-likeness (QED) is 0.777. The van der Waals surface area contributed by atoms with Crippen LogP contribution < -0.4 is 5.32 Å². The minimum atomic E-state index is -0.704. The fourth-order valence-electron chi connectivity index (χ4n) is 2.28. The number of nitrogens with zero attached hydrogens (tertiary/aromatic N) is 2. The maximum atomic E-state index is 12.3. The van der Waals surface area contributed by atoms with Crippen LogP contribution in [0.4, 0.5) is 0 Å². The lowest BCUT2D eigenvalue weighted by atomic mass is 10.2. The number of fused-ring (bicyclic) bond motifs is 1. The van der Waals surface area contributed by atoms with E-state index in [1.165, 1.54) is 0 Å². The molecule has 2 N–H and O–H groups in total. The molecule has 126 valence electrons. The van der Waals surface area contributed by atoms with Gasteiger partial charge in [-0.3, -0.25) is 4.79 Å². The van der Waals surface area contributed by atoms with E-state index in [1.54, 1.807) is 6.33 Å². The number of aliphatic hydroxyl groups is 1. The topological polar surface area (TPSA) is 76.4 Å². The van der Waals surface area contributed by atoms with E-state index in [1.807, 2.05) is 49.6 Å². The lowest BCUT2D eigenvalue weighted by Gasteiger charge is -2.17. The highest BCUT2D eigenvalue weighted by molar-refractivity contribution is 5.83. The largest absolute Gasteiger partial charge is 0.389 e. The van der Waals surface area contributed by atoms with Gasteiger partial charge in [0.05, 0.1) is 30.1 Å². The van der Waals surface area contributed by atoms with Crippen LogP contribution in [0.25, 0.3) is 11.0 Å². The summed E-state index contributed by atoms with van der Waals surface area (Å²) in [4.78, 5) is 16.5. The average molecular weight is 319 g/mol. The van der Waals surface area contributed by atoms with Gasteiger partial charge in [0, 0.05) is 13.2 Å². The molecule has 0 aliphatic rings. The normalized spacial score (nSPS) is 14.1. The molecule has 0 aliphatic carbocycles. The minimum Gasteiger partial charge on any atom is -0.389 e. The predicted octanol–water partition coefficient (Wildman–Crippen LogP) is 1.75. The highest BCUT2D eigenvalue weighted by Gasteiger charge is 2.17. The van der Waals surface area contributed by atoms with Gasteiger partial charge in [-0.25, -0.2) is 4.98 Å². The molecule has 2 unspecified atom stereocenters. The monoisotopic (exact) mass is 319 g/mol. The molecule has 0 spiro atoms. The van der Waals surface area contributed by atoms with E-state index < -0.39 is 12.1 Å². The number of amides is 1. The van der Waals surface area contributed by atoms with Crippen molar-refractivity contribution in [2.75, 3.05) is 19.8 Å². The summed E-state index contributed by atoms with van der Waals surface area (Å²) in [5.41, 5.74) is 1.77. The molecule has 2 atom stereocenters. The number of benzene rings is 1. The van der Waals surface area contributed by atoms with Crippen molar-refractivity contribution in [1.29, 1.82) is 0 Å². The van der Waals surface area contributed by atoms with Gasteiger partial charge in [0.1, 0.15) is 6.04 Å². The van der Waals surface area contributed by atoms with Gasteiger partial charge in [0.2, 0.25) is 5.91 Å². The Hall–Kier alpha value is -1.92. The Morgan fingerprint density at radius 2 is 2.04 bits per heavy atom. The number of carbonyl (C=O) groups excluding carboxylic acids is 1. The van der Waals surface area contributed by atoms with Crippen LogP contribution in [0.15, 0.2) is 30.6 Å². The number of hydrogen-bond donors (Lipinski definition) is 2. The summed E-state index contributed by atoms with van der Waals surface area (Å²) in [7, 11) is 0. The van der Waals surface area contributed by atoms with Gasteiger partial charge >= 0.3 is 0 Å². The average Bonchev–Trinajstić information content (AvgIpc) is 2.95. The second-order valence-electron chi connectivity index (χ2n) is 6.15. The van der Waals surface area contributed by atoms with Crippen molar-refractivity contribution in [2.45, 2.75) is 32.9 Å². The van der Waals surface area contributed by atoms with E-state index in [9.17, 15) is 9.90 Å². The third-order valence-corrected chi connectivity index (χ3v) is 3.55. The van der Waals surface area contributed by atoms with Crippen LogP contribution in [0, 0.1) is 5.92 Å². The maximum absolute atomic E-state index is 12.3. The molecule has 1 aromatic heterocycles. The zero-order valence-corrected chi connectivity index (χ0v) is 13.9. The third-order valence-electron chi connectivity index (χ3n) is 3.55. The molecule has 1 heterocycles. The molecule has 0 fully saturated rings. The molecule has 2 aromatic rings. The van der Waals surface area contributed by atoms with Crippen LogP contribution >= 0.6 is 0 Å². The van der Waals surface area contributed by atoms with Crippen LogP contribution in [-0.4, -0.2) is 46.4 Å². The van der Waals surface area contributed by atoms with Crippen LogP contribution in [0.2, 0.25) is 0 Å². The molecule has 6 nitrogen and oxygen atoms in total. The minimum absolute atomic E-state index is 0.156. The summed E-state index contributed by atoms with van der Waals surface area (Å²) in [6.45, 7) is 6.90. The first-order valence-electron chi connectivity index (χ1n) is 7.94. The lowest BCUT2D eigenvalue weighted by molar-refractivity contribution is -0.124. The second kappa shape index (κ2) is 8.08. The highest BCUT2D eigenvalue weighted by atomic mass is 16.5. The first-order chi connectivity index (χ1) is 11.0. The summed E-state index contributed by atoms with van der Waals surface area (Å²) in [6.07, 6.45) is 0.960. The zero-order chi connectivity index (χ0) is 16.8. The molecule has 6 heteroatoms. The summed E-state index contributed by atoms with van der Waals surface area (Å²) < 4.78 is 7.19. The number of para-hydroxylation sites is 2. The van der Waals surface area contributed by atoms with Crippen molar-refractivity contribution in [3.05, 3.63) is 30.6 Å². The molecule has 0 radical (unpaired) electrons. The van der Waals surface area contributed by atoms with Gasteiger partial charge in [-0.15, -0.1) is 0 Å².